The molecule has 86 valence electrons. The van der Waals surface area contributed by atoms with Gasteiger partial charge in [-0.2, -0.15) is 0 Å². The van der Waals surface area contributed by atoms with E-state index in [0.717, 1.165) is 6.07 Å². The van der Waals surface area contributed by atoms with Crippen LogP contribution in [0.1, 0.15) is 22.8 Å². The Morgan fingerprint density at radius 1 is 1.44 bits per heavy atom. The average Bonchev–Trinajstić information content (AvgIpc) is 2.22. The topological polar surface area (TPSA) is 43.4 Å². The minimum absolute atomic E-state index is 0.144. The maximum absolute atomic E-state index is 13.3. The van der Waals surface area contributed by atoms with Gasteiger partial charge >= 0.3 is 5.97 Å². The Balaban J connectivity index is 3.02. The van der Waals surface area contributed by atoms with E-state index in [-0.39, 0.29) is 24.2 Å². The van der Waals surface area contributed by atoms with Gasteiger partial charge in [0.1, 0.15) is 11.6 Å². The van der Waals surface area contributed by atoms with Gasteiger partial charge in [-0.15, -0.1) is 0 Å². The lowest BCUT2D eigenvalue weighted by atomic mass is 10.0. The minimum Gasteiger partial charge on any atom is -0.466 e. The van der Waals surface area contributed by atoms with Crippen molar-refractivity contribution >= 4 is 12.3 Å². The zero-order chi connectivity index (χ0) is 12.1. The van der Waals surface area contributed by atoms with Crippen LogP contribution in [0.3, 0.4) is 0 Å². The molecule has 0 fully saturated rings. The first-order chi connectivity index (χ1) is 7.58. The van der Waals surface area contributed by atoms with Crippen molar-refractivity contribution in [3.8, 4) is 0 Å². The van der Waals surface area contributed by atoms with E-state index >= 15 is 0 Å². The van der Waals surface area contributed by atoms with Crippen molar-refractivity contribution < 1.29 is 23.1 Å². The fraction of sp³-hybridized carbons (Fsp3) is 0.273. The molecule has 0 saturated carbocycles. The van der Waals surface area contributed by atoms with Gasteiger partial charge in [-0.1, -0.05) is 0 Å². The number of hydrogen-bond acceptors (Lipinski definition) is 3. The zero-order valence-corrected chi connectivity index (χ0v) is 8.63. The summed E-state index contributed by atoms with van der Waals surface area (Å²) in [7, 11) is 0. The van der Waals surface area contributed by atoms with Gasteiger partial charge in [0.2, 0.25) is 0 Å². The first kappa shape index (κ1) is 12.3. The van der Waals surface area contributed by atoms with Crippen LogP contribution in [0.5, 0.6) is 0 Å². The number of carbonyl (C=O) groups excluding carboxylic acids is 2. The lowest BCUT2D eigenvalue weighted by Gasteiger charge is -2.06. The van der Waals surface area contributed by atoms with Crippen LogP contribution in [-0.4, -0.2) is 18.9 Å². The summed E-state index contributed by atoms with van der Waals surface area (Å²) in [5, 5.41) is 0. The Morgan fingerprint density at radius 2 is 2.12 bits per heavy atom. The average molecular weight is 228 g/mol. The monoisotopic (exact) mass is 228 g/mol. The fourth-order valence-corrected chi connectivity index (χ4v) is 1.27. The number of hydrogen-bond donors (Lipinski definition) is 0. The highest BCUT2D eigenvalue weighted by molar-refractivity contribution is 5.82. The summed E-state index contributed by atoms with van der Waals surface area (Å²) in [4.78, 5) is 21.7. The molecule has 0 atom stereocenters. The molecule has 1 aromatic carbocycles. The summed E-state index contributed by atoms with van der Waals surface area (Å²) in [5.41, 5.74) is -0.319. The molecule has 3 nitrogen and oxygen atoms in total. The molecular formula is C11H10F2O3. The van der Waals surface area contributed by atoms with Crippen LogP contribution in [-0.2, 0) is 16.0 Å². The highest BCUT2D eigenvalue weighted by Gasteiger charge is 2.15. The maximum atomic E-state index is 13.3. The molecule has 0 saturated heterocycles. The third-order valence-corrected chi connectivity index (χ3v) is 1.95. The second kappa shape index (κ2) is 5.34. The van der Waals surface area contributed by atoms with Crippen molar-refractivity contribution in [2.75, 3.05) is 6.61 Å². The van der Waals surface area contributed by atoms with E-state index in [4.69, 9.17) is 0 Å². The molecule has 0 amide bonds. The molecule has 16 heavy (non-hydrogen) atoms. The number of benzene rings is 1. The highest BCUT2D eigenvalue weighted by atomic mass is 19.1. The van der Waals surface area contributed by atoms with Gasteiger partial charge in [0.15, 0.2) is 6.29 Å². The van der Waals surface area contributed by atoms with Gasteiger partial charge in [0.05, 0.1) is 13.0 Å². The van der Waals surface area contributed by atoms with Gasteiger partial charge in [-0.25, -0.2) is 8.78 Å². The summed E-state index contributed by atoms with van der Waals surface area (Å²) in [6.45, 7) is 1.78. The van der Waals surface area contributed by atoms with Crippen LogP contribution in [0.4, 0.5) is 8.78 Å². The van der Waals surface area contributed by atoms with Crippen molar-refractivity contribution in [1.29, 1.82) is 0 Å². The van der Waals surface area contributed by atoms with Gasteiger partial charge in [0.25, 0.3) is 0 Å². The second-order valence-electron chi connectivity index (χ2n) is 3.06. The first-order valence-electron chi connectivity index (χ1n) is 4.67. The SMILES string of the molecule is CCOC(=O)Cc1c(F)cc(F)cc1C=O. The quantitative estimate of drug-likeness (QED) is 0.583. The fourth-order valence-electron chi connectivity index (χ4n) is 1.27. The Hall–Kier alpha value is -1.78. The summed E-state index contributed by atoms with van der Waals surface area (Å²) in [6, 6.07) is 1.51. The van der Waals surface area contributed by atoms with Crippen LogP contribution in [0.15, 0.2) is 12.1 Å². The lowest BCUT2D eigenvalue weighted by Crippen LogP contribution is -2.11. The number of aldehydes is 1. The molecule has 0 aromatic heterocycles. The lowest BCUT2D eigenvalue weighted by molar-refractivity contribution is -0.142. The molecule has 1 aromatic rings. The molecule has 0 heterocycles. The van der Waals surface area contributed by atoms with Gasteiger partial charge in [0, 0.05) is 17.2 Å². The van der Waals surface area contributed by atoms with Gasteiger partial charge < -0.3 is 4.74 Å². The highest BCUT2D eigenvalue weighted by Crippen LogP contribution is 2.15. The molecule has 0 unspecified atom stereocenters. The molecule has 0 spiro atoms. The van der Waals surface area contributed by atoms with Crippen LogP contribution in [0.2, 0.25) is 0 Å². The number of ether oxygens (including phenoxy) is 1. The Kier molecular flexibility index (Phi) is 4.10. The number of rotatable bonds is 4. The van der Waals surface area contributed by atoms with Crippen LogP contribution < -0.4 is 0 Å². The Labute approximate surface area is 91.0 Å². The van der Waals surface area contributed by atoms with E-state index in [1.54, 1.807) is 6.92 Å². The van der Waals surface area contributed by atoms with E-state index in [1.807, 2.05) is 0 Å². The molecule has 0 bridgehead atoms. The number of carbonyl (C=O) groups is 2. The first-order valence-corrected chi connectivity index (χ1v) is 4.67. The number of halogens is 2. The summed E-state index contributed by atoms with van der Waals surface area (Å²) in [6.07, 6.45) is -0.0747. The van der Waals surface area contributed by atoms with Crippen molar-refractivity contribution in [2.45, 2.75) is 13.3 Å². The van der Waals surface area contributed by atoms with Crippen molar-refractivity contribution in [3.05, 3.63) is 34.9 Å². The standard InChI is InChI=1S/C11H10F2O3/c1-2-16-11(15)5-9-7(6-14)3-8(12)4-10(9)13/h3-4,6H,2,5H2,1H3. The molecule has 1 rings (SSSR count). The normalized spacial score (nSPS) is 9.94. The second-order valence-corrected chi connectivity index (χ2v) is 3.06. The van der Waals surface area contributed by atoms with Crippen LogP contribution in [0.25, 0.3) is 0 Å². The molecule has 0 aliphatic rings. The van der Waals surface area contributed by atoms with Gasteiger partial charge in [-0.3, -0.25) is 9.59 Å². The van der Waals surface area contributed by atoms with E-state index in [0.29, 0.717) is 12.4 Å². The predicted molar refractivity (Wildman–Crippen MR) is 52.1 cm³/mol. The summed E-state index contributed by atoms with van der Waals surface area (Å²) in [5.74, 6) is -2.43. The predicted octanol–water partition coefficient (Wildman–Crippen LogP) is 1.88. The van der Waals surface area contributed by atoms with Crippen molar-refractivity contribution in [1.82, 2.24) is 0 Å². The van der Waals surface area contributed by atoms with Crippen LogP contribution in [0, 0.1) is 11.6 Å². The minimum atomic E-state index is -0.921. The molecule has 0 N–H and O–H groups in total. The largest absolute Gasteiger partial charge is 0.466 e. The third-order valence-electron chi connectivity index (χ3n) is 1.95. The smallest absolute Gasteiger partial charge is 0.310 e. The molecule has 0 radical (unpaired) electrons. The summed E-state index contributed by atoms with van der Waals surface area (Å²) >= 11 is 0. The number of esters is 1. The molecule has 5 heteroatoms. The Bertz CT molecular complexity index is 416. The van der Waals surface area contributed by atoms with Crippen LogP contribution >= 0.6 is 0 Å². The van der Waals surface area contributed by atoms with Crippen molar-refractivity contribution in [2.24, 2.45) is 0 Å². The van der Waals surface area contributed by atoms with Gasteiger partial charge in [-0.05, 0) is 13.0 Å². The van der Waals surface area contributed by atoms with Crippen molar-refractivity contribution in [3.63, 3.8) is 0 Å². The maximum Gasteiger partial charge on any atom is 0.310 e. The Morgan fingerprint density at radius 3 is 2.69 bits per heavy atom. The van der Waals surface area contributed by atoms with E-state index in [1.165, 1.54) is 0 Å². The van der Waals surface area contributed by atoms with E-state index in [2.05, 4.69) is 4.74 Å². The molecular weight excluding hydrogens is 218 g/mol. The van der Waals surface area contributed by atoms with E-state index in [9.17, 15) is 18.4 Å². The molecule has 0 aliphatic carbocycles. The van der Waals surface area contributed by atoms with E-state index < -0.39 is 17.6 Å². The zero-order valence-electron chi connectivity index (χ0n) is 8.63. The third kappa shape index (κ3) is 2.85. The molecule has 0 aliphatic heterocycles. The summed E-state index contributed by atoms with van der Waals surface area (Å²) < 4.78 is 30.7.